The van der Waals surface area contributed by atoms with Gasteiger partial charge in [-0.2, -0.15) is 0 Å². The van der Waals surface area contributed by atoms with Crippen LogP contribution in [0.1, 0.15) is 25.7 Å². The van der Waals surface area contributed by atoms with E-state index >= 15 is 0 Å². The molecule has 1 aliphatic carbocycles. The van der Waals surface area contributed by atoms with E-state index in [0.29, 0.717) is 0 Å². The van der Waals surface area contributed by atoms with E-state index in [4.69, 9.17) is 10.2 Å². The van der Waals surface area contributed by atoms with Crippen LogP contribution in [0.4, 0.5) is 0 Å². The molecule has 0 heterocycles. The fourth-order valence-corrected chi connectivity index (χ4v) is 2.32. The minimum absolute atomic E-state index is 0. The first-order valence-electron chi connectivity index (χ1n) is 7.22. The molecule has 1 aliphatic rings. The van der Waals surface area contributed by atoms with E-state index in [-0.39, 0.29) is 31.7 Å². The summed E-state index contributed by atoms with van der Waals surface area (Å²) in [6.07, 6.45) is 2.83. The Kier molecular flexibility index (Phi) is 8.45. The molecule has 1 fully saturated rings. The summed E-state index contributed by atoms with van der Waals surface area (Å²) < 4.78 is 0. The molecular weight excluding hydrogens is 314 g/mol. The van der Waals surface area contributed by atoms with E-state index in [0.717, 1.165) is 25.7 Å². The molecule has 0 unspecified atom stereocenters. The van der Waals surface area contributed by atoms with Crippen molar-refractivity contribution in [3.05, 3.63) is 60.7 Å². The van der Waals surface area contributed by atoms with Gasteiger partial charge in [0.25, 0.3) is 0 Å². The first-order valence-corrected chi connectivity index (χ1v) is 7.22. The molecule has 3 heteroatoms. The summed E-state index contributed by atoms with van der Waals surface area (Å²) in [5.41, 5.74) is 2.55. The Morgan fingerprint density at radius 3 is 1.14 bits per heavy atom. The summed E-state index contributed by atoms with van der Waals surface area (Å²) in [5, 5.41) is 17.8. The number of rotatable bonds is 1. The Labute approximate surface area is 139 Å². The van der Waals surface area contributed by atoms with Crippen LogP contribution < -0.4 is 0 Å². The number of hydrogen-bond donors (Lipinski definition) is 2. The van der Waals surface area contributed by atoms with Gasteiger partial charge in [-0.3, -0.25) is 0 Å². The van der Waals surface area contributed by atoms with Crippen LogP contribution in [0.15, 0.2) is 60.7 Å². The topological polar surface area (TPSA) is 40.5 Å². The van der Waals surface area contributed by atoms with E-state index in [9.17, 15) is 0 Å². The summed E-state index contributed by atoms with van der Waals surface area (Å²) in [4.78, 5) is 0. The molecule has 21 heavy (non-hydrogen) atoms. The van der Waals surface area contributed by atoms with E-state index in [1.165, 1.54) is 11.1 Å². The number of benzene rings is 2. The van der Waals surface area contributed by atoms with Gasteiger partial charge >= 0.3 is 0 Å². The maximum absolute atomic E-state index is 8.92. The molecule has 0 aliphatic heterocycles. The van der Waals surface area contributed by atoms with Crippen LogP contribution in [-0.4, -0.2) is 22.4 Å². The first kappa shape index (κ1) is 18.0. The Hall–Kier alpha value is -1.02. The number of aliphatic hydroxyl groups is 2. The van der Waals surface area contributed by atoms with Crippen LogP contribution in [0.25, 0.3) is 11.1 Å². The second-order valence-corrected chi connectivity index (χ2v) is 5.19. The average Bonchev–Trinajstić information content (AvgIpc) is 2.53. The van der Waals surface area contributed by atoms with Gasteiger partial charge in [0.05, 0.1) is 12.2 Å². The summed E-state index contributed by atoms with van der Waals surface area (Å²) >= 11 is 0. The normalized spacial score (nSPS) is 20.7. The van der Waals surface area contributed by atoms with Crippen LogP contribution in [0, 0.1) is 0 Å². The zero-order valence-corrected chi connectivity index (χ0v) is 15.3. The fraction of sp³-hybridized carbons (Fsp3) is 0.333. The van der Waals surface area contributed by atoms with Gasteiger partial charge in [0.2, 0.25) is 0 Å². The van der Waals surface area contributed by atoms with Crippen molar-refractivity contribution in [1.29, 1.82) is 0 Å². The molecule has 0 radical (unpaired) electrons. The molecule has 2 nitrogen and oxygen atoms in total. The van der Waals surface area contributed by atoms with Gasteiger partial charge in [-0.05, 0) is 36.8 Å². The van der Waals surface area contributed by atoms with E-state index < -0.39 is 0 Å². The van der Waals surface area contributed by atoms with Crippen LogP contribution in [-0.2, 0) is 19.5 Å². The predicted molar refractivity (Wildman–Crippen MR) is 82.4 cm³/mol. The maximum Gasteiger partial charge on any atom is 0.0542 e. The van der Waals surface area contributed by atoms with Crippen molar-refractivity contribution < 1.29 is 29.7 Å². The molecular formula is C18H22O2Zn. The molecule has 108 valence electrons. The summed E-state index contributed by atoms with van der Waals surface area (Å²) in [6, 6.07) is 20.8. The van der Waals surface area contributed by atoms with Gasteiger partial charge in [-0.1, -0.05) is 60.7 Å². The van der Waals surface area contributed by atoms with Crippen LogP contribution in [0.5, 0.6) is 0 Å². The van der Waals surface area contributed by atoms with Crippen molar-refractivity contribution in [2.24, 2.45) is 0 Å². The molecule has 2 aromatic rings. The van der Waals surface area contributed by atoms with E-state index in [1.807, 2.05) is 12.1 Å². The zero-order chi connectivity index (χ0) is 14.2. The maximum atomic E-state index is 8.92. The Balaban J connectivity index is 0.000000216. The molecule has 0 bridgehead atoms. The number of hydrogen-bond acceptors (Lipinski definition) is 2. The minimum atomic E-state index is -0.140. The third-order valence-electron chi connectivity index (χ3n) is 3.55. The van der Waals surface area contributed by atoms with Gasteiger partial charge in [-0.15, -0.1) is 0 Å². The van der Waals surface area contributed by atoms with Crippen molar-refractivity contribution in [3.8, 4) is 11.1 Å². The van der Waals surface area contributed by atoms with Crippen molar-refractivity contribution in [1.82, 2.24) is 0 Å². The quantitative estimate of drug-likeness (QED) is 0.781. The second-order valence-electron chi connectivity index (χ2n) is 5.19. The summed E-state index contributed by atoms with van der Waals surface area (Å²) in [6.45, 7) is 0. The van der Waals surface area contributed by atoms with Crippen LogP contribution >= 0.6 is 0 Å². The fourth-order valence-electron chi connectivity index (χ4n) is 2.32. The van der Waals surface area contributed by atoms with Crippen LogP contribution in [0.3, 0.4) is 0 Å². The van der Waals surface area contributed by atoms with E-state index in [2.05, 4.69) is 48.5 Å². The molecule has 0 atom stereocenters. The number of aliphatic hydroxyl groups excluding tert-OH is 2. The third kappa shape index (κ3) is 6.52. The van der Waals surface area contributed by atoms with Gasteiger partial charge in [0.1, 0.15) is 0 Å². The SMILES string of the molecule is OC1CCC(O)CC1.[Zn].c1ccc(-c2ccccc2)cc1. The van der Waals surface area contributed by atoms with Gasteiger partial charge in [-0.25, -0.2) is 0 Å². The van der Waals surface area contributed by atoms with Crippen molar-refractivity contribution >= 4 is 0 Å². The summed E-state index contributed by atoms with van der Waals surface area (Å²) in [7, 11) is 0. The van der Waals surface area contributed by atoms with Crippen LogP contribution in [0.2, 0.25) is 0 Å². The first-order chi connectivity index (χ1) is 9.75. The second kappa shape index (κ2) is 9.84. The summed E-state index contributed by atoms with van der Waals surface area (Å²) in [5.74, 6) is 0. The molecule has 0 amide bonds. The minimum Gasteiger partial charge on any atom is -0.393 e. The molecule has 0 saturated heterocycles. The van der Waals surface area contributed by atoms with Crippen molar-refractivity contribution in [3.63, 3.8) is 0 Å². The molecule has 1 saturated carbocycles. The smallest absolute Gasteiger partial charge is 0.0542 e. The van der Waals surface area contributed by atoms with Crippen molar-refractivity contribution in [2.75, 3.05) is 0 Å². The van der Waals surface area contributed by atoms with E-state index in [1.54, 1.807) is 0 Å². The average molecular weight is 336 g/mol. The largest absolute Gasteiger partial charge is 0.393 e. The Morgan fingerprint density at radius 1 is 0.571 bits per heavy atom. The predicted octanol–water partition coefficient (Wildman–Crippen LogP) is 3.63. The standard InChI is InChI=1S/C12H10.C6H12O2.Zn/c1-3-7-11(8-4-1)12-9-5-2-6-10-12;7-5-1-2-6(8)4-3-5;/h1-10H;5-8H,1-4H2;. The van der Waals surface area contributed by atoms with Gasteiger partial charge < -0.3 is 10.2 Å². The molecule has 0 aromatic heterocycles. The van der Waals surface area contributed by atoms with Gasteiger partial charge in [0.15, 0.2) is 0 Å². The molecule has 2 N–H and O–H groups in total. The van der Waals surface area contributed by atoms with Crippen molar-refractivity contribution in [2.45, 2.75) is 37.9 Å². The monoisotopic (exact) mass is 334 g/mol. The molecule has 0 spiro atoms. The molecule has 3 rings (SSSR count). The zero-order valence-electron chi connectivity index (χ0n) is 12.4. The Bertz CT molecular complexity index is 432. The van der Waals surface area contributed by atoms with Gasteiger partial charge in [0, 0.05) is 19.5 Å². The third-order valence-corrected chi connectivity index (χ3v) is 3.55. The Morgan fingerprint density at radius 2 is 0.857 bits per heavy atom. The molecule has 2 aromatic carbocycles.